The van der Waals surface area contributed by atoms with Gasteiger partial charge < -0.3 is 10.6 Å². The Morgan fingerprint density at radius 1 is 1.50 bits per heavy atom. The molecule has 2 rings (SSSR count). The van der Waals surface area contributed by atoms with Gasteiger partial charge in [0.1, 0.15) is 5.82 Å². The first-order valence-corrected chi connectivity index (χ1v) is 5.31. The van der Waals surface area contributed by atoms with Gasteiger partial charge in [0.25, 0.3) is 0 Å². The number of rotatable bonds is 5. The molecule has 3 nitrogen and oxygen atoms in total. The Kier molecular flexibility index (Phi) is 2.99. The zero-order valence-corrected chi connectivity index (χ0v) is 8.59. The first kappa shape index (κ1) is 9.46. The molecule has 0 spiro atoms. The Bertz CT molecular complexity index is 294. The summed E-state index contributed by atoms with van der Waals surface area (Å²) in [5.41, 5.74) is 1.27. The Balaban J connectivity index is 1.97. The Hall–Kier alpha value is -1.09. The minimum atomic E-state index is 0.754. The molecule has 0 atom stereocenters. The minimum Gasteiger partial charge on any atom is -0.370 e. The molecule has 1 heterocycles. The van der Waals surface area contributed by atoms with E-state index in [0.29, 0.717) is 0 Å². The van der Waals surface area contributed by atoms with Crippen LogP contribution in [0.2, 0.25) is 0 Å². The van der Waals surface area contributed by atoms with Crippen molar-refractivity contribution >= 4 is 5.82 Å². The maximum Gasteiger partial charge on any atom is 0.130 e. The summed E-state index contributed by atoms with van der Waals surface area (Å²) < 4.78 is 0. The highest BCUT2D eigenvalue weighted by atomic mass is 15.0. The Morgan fingerprint density at radius 3 is 3.07 bits per heavy atom. The predicted octanol–water partition coefficient (Wildman–Crippen LogP) is 1.77. The number of nitrogens with one attached hydrogen (secondary N) is 2. The van der Waals surface area contributed by atoms with E-state index in [2.05, 4.69) is 28.6 Å². The highest BCUT2D eigenvalue weighted by molar-refractivity contribution is 5.43. The summed E-state index contributed by atoms with van der Waals surface area (Å²) in [4.78, 5) is 4.32. The number of hydrogen-bond donors (Lipinski definition) is 2. The van der Waals surface area contributed by atoms with Crippen molar-refractivity contribution in [3.8, 4) is 0 Å². The monoisotopic (exact) mass is 191 g/mol. The summed E-state index contributed by atoms with van der Waals surface area (Å²) in [6, 6.07) is 4.87. The fourth-order valence-electron chi connectivity index (χ4n) is 1.45. The highest BCUT2D eigenvalue weighted by Gasteiger charge is 2.20. The fraction of sp³-hybridized carbons (Fsp3) is 0.545. The lowest BCUT2D eigenvalue weighted by molar-refractivity contribution is 0.687. The topological polar surface area (TPSA) is 37.0 Å². The van der Waals surface area contributed by atoms with Gasteiger partial charge in [0.2, 0.25) is 0 Å². The standard InChI is InChI=1S/C11H17N3/c1-2-12-11-9(4-3-7-13-11)8-14-10-5-6-10/h3-4,7,10,14H,2,5-6,8H2,1H3,(H,12,13). The number of hydrogen-bond acceptors (Lipinski definition) is 3. The van der Waals surface area contributed by atoms with Crippen molar-refractivity contribution in [3.63, 3.8) is 0 Å². The number of nitrogens with zero attached hydrogens (tertiary/aromatic N) is 1. The third-order valence-electron chi connectivity index (χ3n) is 2.39. The van der Waals surface area contributed by atoms with Crippen molar-refractivity contribution in [2.45, 2.75) is 32.4 Å². The van der Waals surface area contributed by atoms with Crippen LogP contribution in [0.3, 0.4) is 0 Å². The number of anilines is 1. The molecular formula is C11H17N3. The first-order valence-electron chi connectivity index (χ1n) is 5.31. The lowest BCUT2D eigenvalue weighted by atomic mass is 10.2. The molecule has 1 fully saturated rings. The van der Waals surface area contributed by atoms with Crippen LogP contribution in [-0.2, 0) is 6.54 Å². The summed E-state index contributed by atoms with van der Waals surface area (Å²) in [6.07, 6.45) is 4.49. The van der Waals surface area contributed by atoms with Crippen LogP contribution in [-0.4, -0.2) is 17.6 Å². The molecule has 0 unspecified atom stereocenters. The molecule has 1 aromatic heterocycles. The van der Waals surface area contributed by atoms with Crippen LogP contribution in [0.5, 0.6) is 0 Å². The molecule has 1 saturated carbocycles. The van der Waals surface area contributed by atoms with E-state index in [0.717, 1.165) is 24.9 Å². The molecule has 76 valence electrons. The summed E-state index contributed by atoms with van der Waals surface area (Å²) in [5.74, 6) is 1.02. The lowest BCUT2D eigenvalue weighted by Gasteiger charge is -2.09. The molecule has 0 radical (unpaired) electrons. The van der Waals surface area contributed by atoms with E-state index in [-0.39, 0.29) is 0 Å². The van der Waals surface area contributed by atoms with Crippen LogP contribution >= 0.6 is 0 Å². The molecule has 1 aromatic rings. The van der Waals surface area contributed by atoms with Gasteiger partial charge >= 0.3 is 0 Å². The van der Waals surface area contributed by atoms with Gasteiger partial charge in [-0.15, -0.1) is 0 Å². The smallest absolute Gasteiger partial charge is 0.130 e. The Morgan fingerprint density at radius 2 is 2.36 bits per heavy atom. The van der Waals surface area contributed by atoms with E-state index in [1.54, 1.807) is 0 Å². The van der Waals surface area contributed by atoms with Crippen molar-refractivity contribution in [2.24, 2.45) is 0 Å². The van der Waals surface area contributed by atoms with E-state index in [1.165, 1.54) is 18.4 Å². The molecule has 14 heavy (non-hydrogen) atoms. The van der Waals surface area contributed by atoms with Gasteiger partial charge in [0.15, 0.2) is 0 Å². The van der Waals surface area contributed by atoms with Crippen LogP contribution < -0.4 is 10.6 Å². The third kappa shape index (κ3) is 2.45. The van der Waals surface area contributed by atoms with Crippen LogP contribution in [0.25, 0.3) is 0 Å². The van der Waals surface area contributed by atoms with Crippen LogP contribution in [0.15, 0.2) is 18.3 Å². The van der Waals surface area contributed by atoms with Crippen molar-refractivity contribution in [1.29, 1.82) is 0 Å². The molecule has 0 amide bonds. The van der Waals surface area contributed by atoms with Gasteiger partial charge in [-0.3, -0.25) is 0 Å². The zero-order valence-electron chi connectivity index (χ0n) is 8.59. The minimum absolute atomic E-state index is 0.754. The normalized spacial score (nSPS) is 15.5. The zero-order chi connectivity index (χ0) is 9.80. The second kappa shape index (κ2) is 4.42. The van der Waals surface area contributed by atoms with Crippen LogP contribution in [0.4, 0.5) is 5.82 Å². The summed E-state index contributed by atoms with van der Waals surface area (Å²) in [7, 11) is 0. The van der Waals surface area contributed by atoms with Crippen molar-refractivity contribution in [2.75, 3.05) is 11.9 Å². The second-order valence-electron chi connectivity index (χ2n) is 3.70. The molecule has 1 aliphatic rings. The van der Waals surface area contributed by atoms with E-state index >= 15 is 0 Å². The van der Waals surface area contributed by atoms with Crippen molar-refractivity contribution < 1.29 is 0 Å². The first-order chi connectivity index (χ1) is 6.90. The summed E-state index contributed by atoms with van der Waals surface area (Å²) in [5, 5.41) is 6.76. The molecule has 0 aromatic carbocycles. The molecular weight excluding hydrogens is 174 g/mol. The lowest BCUT2D eigenvalue weighted by Crippen LogP contribution is -2.17. The SMILES string of the molecule is CCNc1ncccc1CNC1CC1. The molecule has 0 saturated heterocycles. The molecule has 3 heteroatoms. The number of pyridine rings is 1. The fourth-order valence-corrected chi connectivity index (χ4v) is 1.45. The maximum atomic E-state index is 4.32. The maximum absolute atomic E-state index is 4.32. The van der Waals surface area contributed by atoms with Gasteiger partial charge in [0.05, 0.1) is 0 Å². The summed E-state index contributed by atoms with van der Waals surface area (Å²) >= 11 is 0. The average molecular weight is 191 g/mol. The van der Waals surface area contributed by atoms with E-state index in [9.17, 15) is 0 Å². The van der Waals surface area contributed by atoms with Crippen LogP contribution in [0.1, 0.15) is 25.3 Å². The Labute approximate surface area is 84.9 Å². The van der Waals surface area contributed by atoms with E-state index in [1.807, 2.05) is 12.3 Å². The largest absolute Gasteiger partial charge is 0.370 e. The number of aromatic nitrogens is 1. The van der Waals surface area contributed by atoms with Gasteiger partial charge in [-0.2, -0.15) is 0 Å². The summed E-state index contributed by atoms with van der Waals surface area (Å²) in [6.45, 7) is 3.95. The van der Waals surface area contributed by atoms with Crippen LogP contribution in [0, 0.1) is 0 Å². The van der Waals surface area contributed by atoms with Crippen molar-refractivity contribution in [3.05, 3.63) is 23.9 Å². The van der Waals surface area contributed by atoms with Gasteiger partial charge in [-0.1, -0.05) is 6.07 Å². The van der Waals surface area contributed by atoms with Crippen molar-refractivity contribution in [1.82, 2.24) is 10.3 Å². The quantitative estimate of drug-likeness (QED) is 0.744. The highest BCUT2D eigenvalue weighted by Crippen LogP contribution is 2.20. The average Bonchev–Trinajstić information content (AvgIpc) is 3.01. The van der Waals surface area contributed by atoms with Gasteiger partial charge in [-0.05, 0) is 25.8 Å². The van der Waals surface area contributed by atoms with E-state index in [4.69, 9.17) is 0 Å². The molecule has 0 aliphatic heterocycles. The molecule has 0 bridgehead atoms. The van der Waals surface area contributed by atoms with Gasteiger partial charge in [-0.25, -0.2) is 4.98 Å². The van der Waals surface area contributed by atoms with E-state index < -0.39 is 0 Å². The molecule has 2 N–H and O–H groups in total. The van der Waals surface area contributed by atoms with Gasteiger partial charge in [0, 0.05) is 30.9 Å². The predicted molar refractivity (Wildman–Crippen MR) is 58.3 cm³/mol. The second-order valence-corrected chi connectivity index (χ2v) is 3.70. The third-order valence-corrected chi connectivity index (χ3v) is 2.39. The molecule has 1 aliphatic carbocycles.